The van der Waals surface area contributed by atoms with Crippen LogP contribution in [0.2, 0.25) is 0 Å². The summed E-state index contributed by atoms with van der Waals surface area (Å²) < 4.78 is 5.61. The van der Waals surface area contributed by atoms with Gasteiger partial charge in [0.15, 0.2) is 0 Å². The summed E-state index contributed by atoms with van der Waals surface area (Å²) in [6, 6.07) is 7.85. The maximum Gasteiger partial charge on any atom is 0.136 e. The Kier molecular flexibility index (Phi) is 6.38. The molecule has 0 aliphatic heterocycles. The van der Waals surface area contributed by atoms with Crippen molar-refractivity contribution in [1.29, 1.82) is 0 Å². The number of unbranched alkanes of at least 4 members (excludes halogenated alkanes) is 2. The summed E-state index contributed by atoms with van der Waals surface area (Å²) in [6.45, 7) is 4.86. The minimum absolute atomic E-state index is 0.279. The Balaban J connectivity index is 2.36. The molecule has 1 rings (SSSR count). The number of carbonyl (C=O) groups is 1. The summed E-state index contributed by atoms with van der Waals surface area (Å²) in [5, 5.41) is 0. The smallest absolute Gasteiger partial charge is 0.136 e. The zero-order chi connectivity index (χ0) is 12.5. The molecule has 2 heteroatoms. The summed E-state index contributed by atoms with van der Waals surface area (Å²) in [5.41, 5.74) is 1.07. The molecular formula is C15H22O2. The Labute approximate surface area is 104 Å². The second-order valence-corrected chi connectivity index (χ2v) is 4.27. The van der Waals surface area contributed by atoms with Gasteiger partial charge in [-0.25, -0.2) is 0 Å². The lowest BCUT2D eigenvalue weighted by molar-refractivity contribution is -0.118. The van der Waals surface area contributed by atoms with E-state index < -0.39 is 0 Å². The Morgan fingerprint density at radius 3 is 2.41 bits per heavy atom. The van der Waals surface area contributed by atoms with E-state index in [0.29, 0.717) is 12.8 Å². The van der Waals surface area contributed by atoms with E-state index in [2.05, 4.69) is 6.92 Å². The maximum absolute atomic E-state index is 11.3. The molecule has 0 aliphatic carbocycles. The van der Waals surface area contributed by atoms with Gasteiger partial charge in [-0.3, -0.25) is 4.79 Å². The third-order valence-electron chi connectivity index (χ3n) is 2.74. The normalized spacial score (nSPS) is 10.2. The lowest BCUT2D eigenvalue weighted by Gasteiger charge is -2.06. The van der Waals surface area contributed by atoms with Gasteiger partial charge in [0.25, 0.3) is 0 Å². The van der Waals surface area contributed by atoms with E-state index in [1.165, 1.54) is 12.8 Å². The van der Waals surface area contributed by atoms with E-state index in [1.807, 2.05) is 31.2 Å². The Morgan fingerprint density at radius 1 is 1.12 bits per heavy atom. The average molecular weight is 234 g/mol. The fourth-order valence-corrected chi connectivity index (χ4v) is 1.60. The van der Waals surface area contributed by atoms with Gasteiger partial charge in [0.2, 0.25) is 0 Å². The molecular weight excluding hydrogens is 212 g/mol. The maximum atomic E-state index is 11.3. The summed E-state index contributed by atoms with van der Waals surface area (Å²) in [4.78, 5) is 11.3. The fourth-order valence-electron chi connectivity index (χ4n) is 1.60. The second kappa shape index (κ2) is 7.88. The number of Topliss-reactive ketones (excluding diaryl/α,β-unsaturated/α-hetero) is 1. The summed E-state index contributed by atoms with van der Waals surface area (Å²) in [5.74, 6) is 1.18. The molecule has 94 valence electrons. The van der Waals surface area contributed by atoms with Crippen molar-refractivity contribution in [3.05, 3.63) is 29.8 Å². The van der Waals surface area contributed by atoms with Crippen LogP contribution >= 0.6 is 0 Å². The van der Waals surface area contributed by atoms with Gasteiger partial charge in [0.05, 0.1) is 6.61 Å². The number of rotatable bonds is 8. The number of hydrogen-bond acceptors (Lipinski definition) is 2. The standard InChI is InChI=1S/C15H22O2/c1-3-5-6-11-17-15-9-7-13(8-10-15)12-14(16)4-2/h7-10H,3-6,11-12H2,1-2H3. The molecule has 0 fully saturated rings. The van der Waals surface area contributed by atoms with Crippen molar-refractivity contribution in [3.63, 3.8) is 0 Å². The molecule has 0 amide bonds. The van der Waals surface area contributed by atoms with Gasteiger partial charge in [-0.15, -0.1) is 0 Å². The van der Waals surface area contributed by atoms with Crippen LogP contribution in [0.1, 0.15) is 45.1 Å². The van der Waals surface area contributed by atoms with Crippen molar-refractivity contribution in [3.8, 4) is 5.75 Å². The number of benzene rings is 1. The topological polar surface area (TPSA) is 26.3 Å². The monoisotopic (exact) mass is 234 g/mol. The van der Waals surface area contributed by atoms with Crippen molar-refractivity contribution in [2.45, 2.75) is 46.0 Å². The minimum atomic E-state index is 0.279. The first-order valence-electron chi connectivity index (χ1n) is 6.49. The van der Waals surface area contributed by atoms with E-state index in [4.69, 9.17) is 4.74 Å². The van der Waals surface area contributed by atoms with Crippen LogP contribution in [0.25, 0.3) is 0 Å². The van der Waals surface area contributed by atoms with Gasteiger partial charge in [0.1, 0.15) is 11.5 Å². The number of ketones is 1. The van der Waals surface area contributed by atoms with Crippen LogP contribution in [0.5, 0.6) is 5.75 Å². The number of ether oxygens (including phenoxy) is 1. The average Bonchev–Trinajstić information content (AvgIpc) is 2.36. The first-order chi connectivity index (χ1) is 8.26. The fraction of sp³-hybridized carbons (Fsp3) is 0.533. The molecule has 0 bridgehead atoms. The quantitative estimate of drug-likeness (QED) is 0.640. The van der Waals surface area contributed by atoms with E-state index in [-0.39, 0.29) is 5.78 Å². The molecule has 0 spiro atoms. The van der Waals surface area contributed by atoms with E-state index in [1.54, 1.807) is 0 Å². The molecule has 0 saturated heterocycles. The third kappa shape index (κ3) is 5.53. The molecule has 0 atom stereocenters. The van der Waals surface area contributed by atoms with Gasteiger partial charge in [0, 0.05) is 12.8 Å². The zero-order valence-corrected chi connectivity index (χ0v) is 10.9. The largest absolute Gasteiger partial charge is 0.494 e. The zero-order valence-electron chi connectivity index (χ0n) is 10.9. The molecule has 0 unspecified atom stereocenters. The number of hydrogen-bond donors (Lipinski definition) is 0. The first kappa shape index (κ1) is 13.8. The third-order valence-corrected chi connectivity index (χ3v) is 2.74. The minimum Gasteiger partial charge on any atom is -0.494 e. The lowest BCUT2D eigenvalue weighted by atomic mass is 10.1. The SMILES string of the molecule is CCCCCOc1ccc(CC(=O)CC)cc1. The summed E-state index contributed by atoms with van der Waals surface area (Å²) >= 11 is 0. The lowest BCUT2D eigenvalue weighted by Crippen LogP contribution is -2.01. The highest BCUT2D eigenvalue weighted by atomic mass is 16.5. The molecule has 0 radical (unpaired) electrons. The molecule has 17 heavy (non-hydrogen) atoms. The predicted molar refractivity (Wildman–Crippen MR) is 70.5 cm³/mol. The van der Waals surface area contributed by atoms with E-state index in [9.17, 15) is 4.79 Å². The van der Waals surface area contributed by atoms with E-state index >= 15 is 0 Å². The summed E-state index contributed by atoms with van der Waals surface area (Å²) in [7, 11) is 0. The van der Waals surface area contributed by atoms with Gasteiger partial charge < -0.3 is 4.74 Å². The van der Waals surface area contributed by atoms with Crippen LogP contribution in [-0.4, -0.2) is 12.4 Å². The summed E-state index contributed by atoms with van der Waals surface area (Å²) in [6.07, 6.45) is 4.67. The van der Waals surface area contributed by atoms with Crippen molar-refractivity contribution in [2.75, 3.05) is 6.61 Å². The van der Waals surface area contributed by atoms with Crippen molar-refractivity contribution in [2.24, 2.45) is 0 Å². The Bertz CT molecular complexity index is 327. The molecule has 0 aliphatic rings. The van der Waals surface area contributed by atoms with Crippen LogP contribution in [-0.2, 0) is 11.2 Å². The molecule has 0 saturated carbocycles. The molecule has 2 nitrogen and oxygen atoms in total. The molecule has 1 aromatic rings. The van der Waals surface area contributed by atoms with Gasteiger partial charge in [-0.05, 0) is 24.1 Å². The van der Waals surface area contributed by atoms with Crippen LogP contribution in [0.4, 0.5) is 0 Å². The Hall–Kier alpha value is -1.31. The van der Waals surface area contributed by atoms with Crippen molar-refractivity contribution >= 4 is 5.78 Å². The predicted octanol–water partition coefficient (Wildman–Crippen LogP) is 3.78. The van der Waals surface area contributed by atoms with Crippen LogP contribution in [0.3, 0.4) is 0 Å². The Morgan fingerprint density at radius 2 is 1.82 bits per heavy atom. The molecule has 0 aromatic heterocycles. The van der Waals surface area contributed by atoms with Crippen LogP contribution in [0, 0.1) is 0 Å². The first-order valence-corrected chi connectivity index (χ1v) is 6.49. The highest BCUT2D eigenvalue weighted by Crippen LogP contribution is 2.13. The van der Waals surface area contributed by atoms with Crippen LogP contribution in [0.15, 0.2) is 24.3 Å². The highest BCUT2D eigenvalue weighted by Gasteiger charge is 2.01. The van der Waals surface area contributed by atoms with Gasteiger partial charge in [-0.2, -0.15) is 0 Å². The number of carbonyl (C=O) groups excluding carboxylic acids is 1. The molecule has 1 aromatic carbocycles. The van der Waals surface area contributed by atoms with Crippen LogP contribution < -0.4 is 4.74 Å². The highest BCUT2D eigenvalue weighted by molar-refractivity contribution is 5.80. The van der Waals surface area contributed by atoms with Crippen molar-refractivity contribution < 1.29 is 9.53 Å². The molecule has 0 heterocycles. The van der Waals surface area contributed by atoms with Crippen molar-refractivity contribution in [1.82, 2.24) is 0 Å². The van der Waals surface area contributed by atoms with Gasteiger partial charge in [-0.1, -0.05) is 38.8 Å². The molecule has 0 N–H and O–H groups in total. The van der Waals surface area contributed by atoms with E-state index in [0.717, 1.165) is 24.3 Å². The van der Waals surface area contributed by atoms with Gasteiger partial charge >= 0.3 is 0 Å². The second-order valence-electron chi connectivity index (χ2n) is 4.27.